The van der Waals surface area contributed by atoms with E-state index >= 15 is 0 Å². The number of ether oxygens (including phenoxy) is 3. The van der Waals surface area contributed by atoms with Crippen LogP contribution in [0.5, 0.6) is 0 Å². The number of nitrogens with zero attached hydrogens (tertiary/aromatic N) is 1. The molecule has 4 saturated heterocycles. The maximum atomic E-state index is 14.3. The van der Waals surface area contributed by atoms with Crippen LogP contribution in [-0.4, -0.2) is 73.3 Å². The molecular weight excluding hydrogens is 544 g/mol. The van der Waals surface area contributed by atoms with Gasteiger partial charge in [0.2, 0.25) is 11.8 Å². The number of Topliss-reactive ketones (excluding diaryl/α,β-unsaturated/α-hetero) is 1. The summed E-state index contributed by atoms with van der Waals surface area (Å²) < 4.78 is 18.6. The molecule has 8 heteroatoms. The molecule has 2 amide bonds. The lowest BCUT2D eigenvalue weighted by Crippen LogP contribution is -2.67. The molecule has 0 radical (unpaired) electrons. The first-order chi connectivity index (χ1) is 20.5. The maximum absolute atomic E-state index is 14.3. The maximum Gasteiger partial charge on any atom is 0.232 e. The van der Waals surface area contributed by atoms with E-state index in [1.54, 1.807) is 4.90 Å². The highest BCUT2D eigenvalue weighted by Crippen LogP contribution is 2.70. The minimum Gasteiger partial charge on any atom is -0.380 e. The first-order valence-electron chi connectivity index (χ1n) is 17.5. The van der Waals surface area contributed by atoms with Gasteiger partial charge in [0.05, 0.1) is 31.3 Å². The zero-order valence-corrected chi connectivity index (χ0v) is 26.7. The number of fused-ring (bicyclic) bond motifs is 7. The quantitative estimate of drug-likeness (QED) is 0.487. The van der Waals surface area contributed by atoms with Crippen LogP contribution in [0.4, 0.5) is 0 Å². The topological polar surface area (TPSA) is 94.2 Å². The standard InChI is InChI=1S/C35H52N2O6/c1-20-7-10-35(42-15-20)21(2)31-27(43-35)12-26-24-6-5-22-11-23(8-9-32(22,3)25(24)13-28(38)33(26,31)4)36-29(39)14-30(40)37-16-34(17-37)18-41-19-34/h20-27,31H,5-19H2,1-4H3,(H,36,39)/t20-,21+,22+,23-,24-,25+,26+,27+,31+,32+,33-,35-/m1/s1. The molecule has 0 aromatic carbocycles. The number of rotatable bonds is 3. The summed E-state index contributed by atoms with van der Waals surface area (Å²) in [4.78, 5) is 41.7. The van der Waals surface area contributed by atoms with Crippen LogP contribution in [0.2, 0.25) is 0 Å². The van der Waals surface area contributed by atoms with Crippen molar-refractivity contribution in [1.29, 1.82) is 0 Å². The fourth-order valence-corrected chi connectivity index (χ4v) is 12.1. The number of likely N-dealkylation sites (tertiary alicyclic amines) is 1. The van der Waals surface area contributed by atoms with Gasteiger partial charge in [-0.05, 0) is 80.0 Å². The van der Waals surface area contributed by atoms with Crippen molar-refractivity contribution in [2.45, 2.75) is 110 Å². The molecule has 8 aliphatic rings. The zero-order chi connectivity index (χ0) is 29.9. The van der Waals surface area contributed by atoms with Gasteiger partial charge in [-0.1, -0.05) is 27.7 Å². The molecule has 2 spiro atoms. The van der Waals surface area contributed by atoms with E-state index in [-0.39, 0.29) is 58.5 Å². The first-order valence-corrected chi connectivity index (χ1v) is 17.5. The zero-order valence-electron chi connectivity index (χ0n) is 26.7. The van der Waals surface area contributed by atoms with E-state index in [9.17, 15) is 14.4 Å². The molecule has 1 N–H and O–H groups in total. The molecule has 4 aliphatic heterocycles. The number of carbonyl (C=O) groups excluding carboxylic acids is 3. The van der Waals surface area contributed by atoms with Crippen LogP contribution in [0, 0.1) is 57.7 Å². The molecule has 12 atom stereocenters. The van der Waals surface area contributed by atoms with Gasteiger partial charge in [0.1, 0.15) is 12.2 Å². The highest BCUT2D eigenvalue weighted by molar-refractivity contribution is 5.97. The monoisotopic (exact) mass is 596 g/mol. The van der Waals surface area contributed by atoms with Gasteiger partial charge in [-0.3, -0.25) is 14.4 Å². The Morgan fingerprint density at radius 2 is 1.79 bits per heavy atom. The van der Waals surface area contributed by atoms with Gasteiger partial charge in [-0.15, -0.1) is 0 Å². The summed E-state index contributed by atoms with van der Waals surface area (Å²) in [6.07, 6.45) is 9.12. The predicted molar refractivity (Wildman–Crippen MR) is 158 cm³/mol. The van der Waals surface area contributed by atoms with Crippen LogP contribution < -0.4 is 5.32 Å². The molecule has 0 unspecified atom stereocenters. The van der Waals surface area contributed by atoms with Gasteiger partial charge < -0.3 is 24.4 Å². The van der Waals surface area contributed by atoms with E-state index in [4.69, 9.17) is 14.2 Å². The van der Waals surface area contributed by atoms with Crippen molar-refractivity contribution in [3.8, 4) is 0 Å². The second-order valence-electron chi connectivity index (χ2n) is 17.0. The highest BCUT2D eigenvalue weighted by Gasteiger charge is 2.71. The number of hydrogen-bond donors (Lipinski definition) is 1. The summed E-state index contributed by atoms with van der Waals surface area (Å²) >= 11 is 0. The summed E-state index contributed by atoms with van der Waals surface area (Å²) in [6, 6.07) is 0.122. The molecule has 8 nitrogen and oxygen atoms in total. The lowest BCUT2D eigenvalue weighted by Gasteiger charge is -2.60. The summed E-state index contributed by atoms with van der Waals surface area (Å²) in [5.41, 5.74) is -0.0182. The van der Waals surface area contributed by atoms with Crippen molar-refractivity contribution < 1.29 is 28.6 Å². The Bertz CT molecular complexity index is 1180. The minimum atomic E-state index is -0.493. The third kappa shape index (κ3) is 4.13. The number of amides is 2. The predicted octanol–water partition coefficient (Wildman–Crippen LogP) is 4.35. The SMILES string of the molecule is C[C@@H]1CC[C@@]2(OC1)O[C@H]1C[C@H]3[C@@H]4CC[C@H]5C[C@H](NC(=O)CC(=O)N6CC7(COC7)C6)CC[C@]5(C)[C@H]4CC(=O)[C@]3(C)[C@H]1[C@@H]2C. The normalized spacial score (nSPS) is 51.1. The number of hydrogen-bond acceptors (Lipinski definition) is 6. The molecule has 8 rings (SSSR count). The summed E-state index contributed by atoms with van der Waals surface area (Å²) in [6.45, 7) is 13.0. The van der Waals surface area contributed by atoms with Gasteiger partial charge in [0.15, 0.2) is 5.79 Å². The Labute approximate surface area is 256 Å². The van der Waals surface area contributed by atoms with Crippen molar-refractivity contribution in [1.82, 2.24) is 10.2 Å². The molecular formula is C35H52N2O6. The fraction of sp³-hybridized carbons (Fsp3) is 0.914. The van der Waals surface area contributed by atoms with Gasteiger partial charge in [-0.2, -0.15) is 0 Å². The summed E-state index contributed by atoms with van der Waals surface area (Å²) in [5.74, 6) is 2.73. The third-order valence-electron chi connectivity index (χ3n) is 14.7. The number of ketones is 1. The van der Waals surface area contributed by atoms with Crippen LogP contribution in [0.15, 0.2) is 0 Å². The molecule has 8 fully saturated rings. The van der Waals surface area contributed by atoms with E-state index in [0.717, 1.165) is 71.4 Å². The molecule has 0 bridgehead atoms. The Balaban J connectivity index is 0.913. The Hall–Kier alpha value is -1.51. The van der Waals surface area contributed by atoms with E-state index in [1.165, 1.54) is 12.8 Å². The average Bonchev–Trinajstić information content (AvgIpc) is 3.36. The van der Waals surface area contributed by atoms with Crippen molar-refractivity contribution in [3.63, 3.8) is 0 Å². The smallest absolute Gasteiger partial charge is 0.232 e. The van der Waals surface area contributed by atoms with E-state index < -0.39 is 5.79 Å². The second kappa shape index (κ2) is 9.75. The van der Waals surface area contributed by atoms with Crippen LogP contribution in [-0.2, 0) is 28.6 Å². The van der Waals surface area contributed by atoms with Crippen LogP contribution in [0.25, 0.3) is 0 Å². The molecule has 238 valence electrons. The lowest BCUT2D eigenvalue weighted by molar-refractivity contribution is -0.272. The summed E-state index contributed by atoms with van der Waals surface area (Å²) in [5, 5.41) is 3.23. The Morgan fingerprint density at radius 1 is 1.00 bits per heavy atom. The van der Waals surface area contributed by atoms with Crippen molar-refractivity contribution >= 4 is 17.6 Å². The van der Waals surface area contributed by atoms with Crippen molar-refractivity contribution in [3.05, 3.63) is 0 Å². The van der Waals surface area contributed by atoms with Crippen molar-refractivity contribution in [2.24, 2.45) is 57.7 Å². The molecule has 4 aliphatic carbocycles. The van der Waals surface area contributed by atoms with E-state index in [0.29, 0.717) is 41.8 Å². The largest absolute Gasteiger partial charge is 0.380 e. The third-order valence-corrected chi connectivity index (χ3v) is 14.7. The second-order valence-corrected chi connectivity index (χ2v) is 17.0. The van der Waals surface area contributed by atoms with Gasteiger partial charge in [0.25, 0.3) is 0 Å². The lowest BCUT2D eigenvalue weighted by atomic mass is 9.44. The van der Waals surface area contributed by atoms with Crippen molar-refractivity contribution in [2.75, 3.05) is 32.9 Å². The molecule has 0 aromatic rings. The number of nitrogens with one attached hydrogen (secondary N) is 1. The Kier molecular flexibility index (Phi) is 6.56. The van der Waals surface area contributed by atoms with Crippen LogP contribution in [0.1, 0.15) is 91.9 Å². The minimum absolute atomic E-state index is 0.0526. The highest BCUT2D eigenvalue weighted by atomic mass is 16.7. The fourth-order valence-electron chi connectivity index (χ4n) is 12.1. The molecule has 4 saturated carbocycles. The van der Waals surface area contributed by atoms with E-state index in [2.05, 4.69) is 33.0 Å². The van der Waals surface area contributed by atoms with E-state index in [1.807, 2.05) is 0 Å². The number of carbonyl (C=O) groups is 3. The van der Waals surface area contributed by atoms with Crippen LogP contribution >= 0.6 is 0 Å². The average molecular weight is 597 g/mol. The van der Waals surface area contributed by atoms with Gasteiger partial charge in [-0.25, -0.2) is 0 Å². The summed E-state index contributed by atoms with van der Waals surface area (Å²) in [7, 11) is 0. The molecule has 43 heavy (non-hydrogen) atoms. The Morgan fingerprint density at radius 3 is 2.49 bits per heavy atom. The molecule has 0 aromatic heterocycles. The molecule has 4 heterocycles. The van der Waals surface area contributed by atoms with Gasteiger partial charge >= 0.3 is 0 Å². The van der Waals surface area contributed by atoms with Gasteiger partial charge in [0, 0.05) is 49.2 Å². The van der Waals surface area contributed by atoms with Crippen LogP contribution in [0.3, 0.4) is 0 Å². The first kappa shape index (κ1) is 28.9.